The number of hydrogen-bond acceptors (Lipinski definition) is 3. The minimum Gasteiger partial charge on any atom is -0.496 e. The molecule has 0 aliphatic carbocycles. The zero-order valence-corrected chi connectivity index (χ0v) is 16.2. The summed E-state index contributed by atoms with van der Waals surface area (Å²) in [5.41, 5.74) is 2.05. The fraction of sp³-hybridized carbons (Fsp3) is 0.238. The van der Waals surface area contributed by atoms with Gasteiger partial charge >= 0.3 is 6.18 Å². The van der Waals surface area contributed by atoms with Gasteiger partial charge in [-0.25, -0.2) is 4.68 Å². The molecule has 3 rings (SSSR count). The van der Waals surface area contributed by atoms with Gasteiger partial charge in [-0.2, -0.15) is 18.3 Å². The van der Waals surface area contributed by atoms with E-state index in [1.54, 1.807) is 14.0 Å². The third-order valence-electron chi connectivity index (χ3n) is 4.60. The van der Waals surface area contributed by atoms with E-state index in [-0.39, 0.29) is 18.1 Å². The Balaban J connectivity index is 1.78. The van der Waals surface area contributed by atoms with Crippen LogP contribution in [0.1, 0.15) is 32.7 Å². The van der Waals surface area contributed by atoms with Crippen molar-refractivity contribution in [2.45, 2.75) is 26.6 Å². The minimum atomic E-state index is -4.45. The van der Waals surface area contributed by atoms with Crippen molar-refractivity contribution in [2.75, 3.05) is 7.11 Å². The SMILES string of the molecule is COc1cc(CNC(=O)c2cnn(-c3cccc(C(F)(F)F)c3)c2C)ccc1C. The summed E-state index contributed by atoms with van der Waals surface area (Å²) in [5.74, 6) is 0.366. The average molecular weight is 403 g/mol. The van der Waals surface area contributed by atoms with E-state index in [0.717, 1.165) is 29.0 Å². The first-order chi connectivity index (χ1) is 13.7. The Kier molecular flexibility index (Phi) is 5.63. The second-order valence-corrected chi connectivity index (χ2v) is 6.59. The fourth-order valence-electron chi connectivity index (χ4n) is 2.96. The lowest BCUT2D eigenvalue weighted by atomic mass is 10.1. The molecule has 1 aromatic heterocycles. The quantitative estimate of drug-likeness (QED) is 0.685. The summed E-state index contributed by atoms with van der Waals surface area (Å²) in [6.45, 7) is 3.84. The van der Waals surface area contributed by atoms with Gasteiger partial charge in [-0.3, -0.25) is 4.79 Å². The highest BCUT2D eigenvalue weighted by molar-refractivity contribution is 5.95. The van der Waals surface area contributed by atoms with Crippen molar-refractivity contribution in [3.05, 3.63) is 76.6 Å². The molecule has 3 aromatic rings. The molecule has 0 saturated carbocycles. The van der Waals surface area contributed by atoms with Gasteiger partial charge in [0.2, 0.25) is 0 Å². The van der Waals surface area contributed by atoms with Gasteiger partial charge in [0.1, 0.15) is 5.75 Å². The number of aryl methyl sites for hydroxylation is 1. The number of hydrogen-bond donors (Lipinski definition) is 1. The second-order valence-electron chi connectivity index (χ2n) is 6.59. The molecule has 29 heavy (non-hydrogen) atoms. The number of amides is 1. The van der Waals surface area contributed by atoms with E-state index < -0.39 is 11.7 Å². The number of halogens is 3. The van der Waals surface area contributed by atoms with Crippen LogP contribution in [0.3, 0.4) is 0 Å². The topological polar surface area (TPSA) is 56.1 Å². The average Bonchev–Trinajstić information content (AvgIpc) is 3.08. The highest BCUT2D eigenvalue weighted by atomic mass is 19.4. The van der Waals surface area contributed by atoms with Crippen molar-refractivity contribution in [1.29, 1.82) is 0 Å². The zero-order chi connectivity index (χ0) is 21.2. The molecule has 0 bridgehead atoms. The first-order valence-corrected chi connectivity index (χ1v) is 8.84. The Hall–Kier alpha value is -3.29. The molecule has 0 spiro atoms. The van der Waals surface area contributed by atoms with Crippen LogP contribution in [0, 0.1) is 13.8 Å². The molecule has 1 heterocycles. The smallest absolute Gasteiger partial charge is 0.416 e. The number of benzene rings is 2. The lowest BCUT2D eigenvalue weighted by Crippen LogP contribution is -2.23. The van der Waals surface area contributed by atoms with Crippen LogP contribution >= 0.6 is 0 Å². The highest BCUT2D eigenvalue weighted by Crippen LogP contribution is 2.30. The molecule has 152 valence electrons. The Morgan fingerprint density at radius 1 is 1.17 bits per heavy atom. The second kappa shape index (κ2) is 7.98. The van der Waals surface area contributed by atoms with Crippen LogP contribution in [0.25, 0.3) is 5.69 Å². The highest BCUT2D eigenvalue weighted by Gasteiger charge is 2.30. The van der Waals surface area contributed by atoms with Gasteiger partial charge in [-0.1, -0.05) is 18.2 Å². The van der Waals surface area contributed by atoms with E-state index in [9.17, 15) is 18.0 Å². The molecule has 0 saturated heterocycles. The van der Waals surface area contributed by atoms with Crippen molar-refractivity contribution < 1.29 is 22.7 Å². The number of carbonyl (C=O) groups excluding carboxylic acids is 1. The van der Waals surface area contributed by atoms with Gasteiger partial charge < -0.3 is 10.1 Å². The standard InChI is InChI=1S/C21H20F3N3O2/c1-13-7-8-15(9-19(13)29-3)11-25-20(28)18-12-26-27(14(18)2)17-6-4-5-16(10-17)21(22,23)24/h4-10,12H,11H2,1-3H3,(H,25,28). The van der Waals surface area contributed by atoms with Crippen molar-refractivity contribution in [3.8, 4) is 11.4 Å². The maximum absolute atomic E-state index is 13.0. The summed E-state index contributed by atoms with van der Waals surface area (Å²) >= 11 is 0. The largest absolute Gasteiger partial charge is 0.496 e. The van der Waals surface area contributed by atoms with E-state index >= 15 is 0 Å². The van der Waals surface area contributed by atoms with Crippen LogP contribution in [-0.4, -0.2) is 22.8 Å². The van der Waals surface area contributed by atoms with Crippen molar-refractivity contribution >= 4 is 5.91 Å². The van der Waals surface area contributed by atoms with E-state index in [1.807, 2.05) is 25.1 Å². The third kappa shape index (κ3) is 4.42. The van der Waals surface area contributed by atoms with Crippen LogP contribution in [-0.2, 0) is 12.7 Å². The summed E-state index contributed by atoms with van der Waals surface area (Å²) in [6.07, 6.45) is -3.10. The Bertz CT molecular complexity index is 1040. The maximum Gasteiger partial charge on any atom is 0.416 e. The molecule has 0 unspecified atom stereocenters. The molecule has 1 N–H and O–H groups in total. The molecule has 0 aliphatic rings. The predicted octanol–water partition coefficient (Wildman–Crippen LogP) is 4.45. The summed E-state index contributed by atoms with van der Waals surface area (Å²) in [7, 11) is 1.58. The lowest BCUT2D eigenvalue weighted by Gasteiger charge is -2.11. The fourth-order valence-corrected chi connectivity index (χ4v) is 2.96. The number of methoxy groups -OCH3 is 1. The van der Waals surface area contributed by atoms with E-state index in [0.29, 0.717) is 11.3 Å². The zero-order valence-electron chi connectivity index (χ0n) is 16.2. The van der Waals surface area contributed by atoms with Gasteiger partial charge in [-0.05, 0) is 49.2 Å². The van der Waals surface area contributed by atoms with E-state index in [4.69, 9.17) is 4.74 Å². The molecule has 0 atom stereocenters. The molecule has 2 aromatic carbocycles. The molecular weight excluding hydrogens is 383 g/mol. The Labute approximate surface area is 166 Å². The number of rotatable bonds is 5. The Morgan fingerprint density at radius 3 is 2.62 bits per heavy atom. The molecule has 0 radical (unpaired) electrons. The molecule has 0 aliphatic heterocycles. The first-order valence-electron chi connectivity index (χ1n) is 8.84. The maximum atomic E-state index is 13.0. The third-order valence-corrected chi connectivity index (χ3v) is 4.60. The number of nitrogens with zero attached hydrogens (tertiary/aromatic N) is 2. The number of alkyl halides is 3. The predicted molar refractivity (Wildman–Crippen MR) is 102 cm³/mol. The molecule has 0 fully saturated rings. The van der Waals surface area contributed by atoms with Crippen LogP contribution in [0.4, 0.5) is 13.2 Å². The molecule has 5 nitrogen and oxygen atoms in total. The Morgan fingerprint density at radius 2 is 1.93 bits per heavy atom. The van der Waals surface area contributed by atoms with Gasteiger partial charge in [0.25, 0.3) is 5.91 Å². The molecular formula is C21H20F3N3O2. The van der Waals surface area contributed by atoms with Gasteiger partial charge in [-0.15, -0.1) is 0 Å². The summed E-state index contributed by atoms with van der Waals surface area (Å²) < 4.78 is 45.5. The summed E-state index contributed by atoms with van der Waals surface area (Å²) in [6, 6.07) is 10.4. The monoisotopic (exact) mass is 403 g/mol. The van der Waals surface area contributed by atoms with Crippen LogP contribution in [0.15, 0.2) is 48.7 Å². The number of carbonyl (C=O) groups is 1. The van der Waals surface area contributed by atoms with Crippen LogP contribution in [0.2, 0.25) is 0 Å². The van der Waals surface area contributed by atoms with Crippen molar-refractivity contribution in [1.82, 2.24) is 15.1 Å². The summed E-state index contributed by atoms with van der Waals surface area (Å²) in [5, 5.41) is 6.89. The minimum absolute atomic E-state index is 0.236. The van der Waals surface area contributed by atoms with E-state index in [2.05, 4.69) is 10.4 Å². The first kappa shape index (κ1) is 20.4. The number of nitrogens with one attached hydrogen (secondary N) is 1. The van der Waals surface area contributed by atoms with Gasteiger partial charge in [0, 0.05) is 6.54 Å². The normalized spacial score (nSPS) is 11.4. The van der Waals surface area contributed by atoms with Crippen molar-refractivity contribution in [3.63, 3.8) is 0 Å². The lowest BCUT2D eigenvalue weighted by molar-refractivity contribution is -0.137. The van der Waals surface area contributed by atoms with Gasteiger partial charge in [0.15, 0.2) is 0 Å². The number of ether oxygens (including phenoxy) is 1. The van der Waals surface area contributed by atoms with Crippen LogP contribution in [0.5, 0.6) is 5.75 Å². The van der Waals surface area contributed by atoms with Crippen molar-refractivity contribution in [2.24, 2.45) is 0 Å². The summed E-state index contributed by atoms with van der Waals surface area (Å²) in [4.78, 5) is 12.6. The van der Waals surface area contributed by atoms with E-state index in [1.165, 1.54) is 23.0 Å². The molecule has 8 heteroatoms. The van der Waals surface area contributed by atoms with Gasteiger partial charge in [0.05, 0.1) is 35.8 Å². The number of aromatic nitrogens is 2. The van der Waals surface area contributed by atoms with Crippen LogP contribution < -0.4 is 10.1 Å². The molecule has 1 amide bonds.